The van der Waals surface area contributed by atoms with Gasteiger partial charge in [-0.1, -0.05) is 0 Å². The molecule has 72 valence electrons. The molecule has 1 heterocycles. The molecular weight excluding hydrogens is 183 g/mol. The molecule has 0 aliphatic carbocycles. The summed E-state index contributed by atoms with van der Waals surface area (Å²) in [6, 6.07) is 4.40. The first-order valence-corrected chi connectivity index (χ1v) is 4.27. The number of halogens is 1. The van der Waals surface area contributed by atoms with Crippen molar-refractivity contribution in [2.24, 2.45) is 4.99 Å². The lowest BCUT2D eigenvalue weighted by atomic mass is 10.1. The Hall–Kier alpha value is -1.71. The van der Waals surface area contributed by atoms with E-state index in [-0.39, 0.29) is 18.3 Å². The van der Waals surface area contributed by atoms with Crippen LogP contribution in [0.5, 0.6) is 0 Å². The Morgan fingerprint density at radius 1 is 1.50 bits per heavy atom. The summed E-state index contributed by atoms with van der Waals surface area (Å²) < 4.78 is 12.8. The van der Waals surface area contributed by atoms with Crippen LogP contribution in [0, 0.1) is 12.7 Å². The summed E-state index contributed by atoms with van der Waals surface area (Å²) in [5.74, 6) is 0.132. The zero-order valence-electron chi connectivity index (χ0n) is 7.67. The first kappa shape index (κ1) is 8.87. The molecule has 1 aliphatic rings. The van der Waals surface area contributed by atoms with Crippen LogP contribution in [0.2, 0.25) is 0 Å². The molecule has 3 nitrogen and oxygen atoms in total. The lowest BCUT2D eigenvalue weighted by molar-refractivity contribution is -0.117. The molecule has 4 heteroatoms. The van der Waals surface area contributed by atoms with Gasteiger partial charge in [0.05, 0.1) is 0 Å². The van der Waals surface area contributed by atoms with Crippen molar-refractivity contribution in [3.63, 3.8) is 0 Å². The average molecular weight is 192 g/mol. The quantitative estimate of drug-likeness (QED) is 0.708. The minimum Gasteiger partial charge on any atom is -0.309 e. The molecule has 2 rings (SSSR count). The largest absolute Gasteiger partial charge is 0.309 e. The first-order valence-electron chi connectivity index (χ1n) is 4.27. The summed E-state index contributed by atoms with van der Waals surface area (Å²) in [5, 5.41) is 2.62. The molecule has 1 amide bonds. The second kappa shape index (κ2) is 3.21. The number of aryl methyl sites for hydroxylation is 1. The summed E-state index contributed by atoms with van der Waals surface area (Å²) in [4.78, 5) is 14.9. The lowest BCUT2D eigenvalue weighted by Crippen LogP contribution is -2.25. The Morgan fingerprint density at radius 2 is 2.29 bits per heavy atom. The van der Waals surface area contributed by atoms with Crippen LogP contribution in [0.15, 0.2) is 23.2 Å². The molecule has 0 aromatic heterocycles. The summed E-state index contributed by atoms with van der Waals surface area (Å²) in [6.45, 7) is 1.94. The van der Waals surface area contributed by atoms with E-state index >= 15 is 0 Å². The number of aliphatic imine (C=N–C) groups is 1. The maximum absolute atomic E-state index is 12.8. The summed E-state index contributed by atoms with van der Waals surface area (Å²) in [7, 11) is 0. The molecule has 0 unspecified atom stereocenters. The van der Waals surface area contributed by atoms with Crippen LogP contribution in [0.3, 0.4) is 0 Å². The van der Waals surface area contributed by atoms with Crippen molar-refractivity contribution >= 4 is 11.7 Å². The van der Waals surface area contributed by atoms with Crippen molar-refractivity contribution in [1.29, 1.82) is 0 Å². The number of benzene rings is 1. The van der Waals surface area contributed by atoms with Gasteiger partial charge < -0.3 is 5.32 Å². The van der Waals surface area contributed by atoms with E-state index in [0.717, 1.165) is 11.1 Å². The highest BCUT2D eigenvalue weighted by Gasteiger charge is 2.16. The van der Waals surface area contributed by atoms with E-state index in [1.807, 2.05) is 0 Å². The fraction of sp³-hybridized carbons (Fsp3) is 0.200. The Bertz CT molecular complexity index is 426. The zero-order valence-corrected chi connectivity index (χ0v) is 7.67. The molecule has 1 aliphatic heterocycles. The number of amidine groups is 1. The fourth-order valence-corrected chi connectivity index (χ4v) is 1.41. The van der Waals surface area contributed by atoms with Gasteiger partial charge in [0.15, 0.2) is 0 Å². The van der Waals surface area contributed by atoms with Gasteiger partial charge in [-0.15, -0.1) is 0 Å². The van der Waals surface area contributed by atoms with E-state index in [1.165, 1.54) is 12.1 Å². The number of hydrogen-bond donors (Lipinski definition) is 1. The van der Waals surface area contributed by atoms with Gasteiger partial charge in [-0.3, -0.25) is 9.79 Å². The van der Waals surface area contributed by atoms with Gasteiger partial charge in [-0.25, -0.2) is 4.39 Å². The van der Waals surface area contributed by atoms with Gasteiger partial charge in [0.25, 0.3) is 0 Å². The number of amides is 1. The van der Waals surface area contributed by atoms with E-state index in [4.69, 9.17) is 0 Å². The molecule has 0 atom stereocenters. The molecule has 0 saturated carbocycles. The van der Waals surface area contributed by atoms with Crippen molar-refractivity contribution in [2.45, 2.75) is 6.92 Å². The summed E-state index contributed by atoms with van der Waals surface area (Å²) in [6.07, 6.45) is 0. The fourth-order valence-electron chi connectivity index (χ4n) is 1.41. The third-order valence-electron chi connectivity index (χ3n) is 2.08. The predicted molar refractivity (Wildman–Crippen MR) is 50.7 cm³/mol. The van der Waals surface area contributed by atoms with Crippen LogP contribution in [0.1, 0.15) is 11.1 Å². The highest BCUT2D eigenvalue weighted by atomic mass is 19.1. The summed E-state index contributed by atoms with van der Waals surface area (Å²) >= 11 is 0. The molecule has 0 bridgehead atoms. The second-order valence-electron chi connectivity index (χ2n) is 3.17. The molecule has 1 N–H and O–H groups in total. The van der Waals surface area contributed by atoms with Crippen LogP contribution in [0.4, 0.5) is 4.39 Å². The topological polar surface area (TPSA) is 41.5 Å². The van der Waals surface area contributed by atoms with Gasteiger partial charge in [-0.05, 0) is 30.7 Å². The molecule has 0 radical (unpaired) electrons. The Kier molecular flexibility index (Phi) is 2.04. The molecule has 0 spiro atoms. The number of nitrogens with zero attached hydrogens (tertiary/aromatic N) is 1. The van der Waals surface area contributed by atoms with Gasteiger partial charge in [0.2, 0.25) is 5.91 Å². The first-order chi connectivity index (χ1) is 6.66. The Balaban J connectivity index is 2.38. The molecular formula is C10H9FN2O. The third-order valence-corrected chi connectivity index (χ3v) is 2.08. The Morgan fingerprint density at radius 3 is 2.86 bits per heavy atom. The summed E-state index contributed by atoms with van der Waals surface area (Å²) in [5.41, 5.74) is 1.54. The van der Waals surface area contributed by atoms with E-state index in [0.29, 0.717) is 5.84 Å². The smallest absolute Gasteiger partial charge is 0.247 e. The van der Waals surface area contributed by atoms with Crippen LogP contribution in [-0.2, 0) is 4.79 Å². The van der Waals surface area contributed by atoms with Gasteiger partial charge >= 0.3 is 0 Å². The molecule has 1 aromatic carbocycles. The highest BCUT2D eigenvalue weighted by molar-refractivity contribution is 6.13. The number of nitrogens with one attached hydrogen (secondary N) is 1. The maximum Gasteiger partial charge on any atom is 0.247 e. The van der Waals surface area contributed by atoms with E-state index < -0.39 is 0 Å². The number of carbonyl (C=O) groups excluding carboxylic acids is 1. The minimum atomic E-state index is -0.281. The van der Waals surface area contributed by atoms with Gasteiger partial charge in [-0.2, -0.15) is 0 Å². The molecule has 1 aromatic rings. The number of carbonyl (C=O) groups is 1. The lowest BCUT2D eigenvalue weighted by Gasteiger charge is -2.04. The maximum atomic E-state index is 12.8. The normalized spacial score (nSPS) is 15.3. The van der Waals surface area contributed by atoms with Crippen molar-refractivity contribution < 1.29 is 9.18 Å². The van der Waals surface area contributed by atoms with Crippen LogP contribution < -0.4 is 5.32 Å². The monoisotopic (exact) mass is 192 g/mol. The third kappa shape index (κ3) is 1.51. The van der Waals surface area contributed by atoms with E-state index in [9.17, 15) is 9.18 Å². The number of hydrogen-bond acceptors (Lipinski definition) is 2. The minimum absolute atomic E-state index is 0.122. The number of rotatable bonds is 1. The van der Waals surface area contributed by atoms with Crippen molar-refractivity contribution in [3.8, 4) is 0 Å². The Labute approximate surface area is 80.7 Å². The van der Waals surface area contributed by atoms with Crippen molar-refractivity contribution in [3.05, 3.63) is 35.1 Å². The average Bonchev–Trinajstić information content (AvgIpc) is 2.51. The SMILES string of the molecule is Cc1cc(F)ccc1C1=NCC(=O)N1. The van der Waals surface area contributed by atoms with E-state index in [1.54, 1.807) is 13.0 Å². The second-order valence-corrected chi connectivity index (χ2v) is 3.17. The van der Waals surface area contributed by atoms with Crippen LogP contribution in [0.25, 0.3) is 0 Å². The predicted octanol–water partition coefficient (Wildman–Crippen LogP) is 1.01. The van der Waals surface area contributed by atoms with Crippen molar-refractivity contribution in [2.75, 3.05) is 6.54 Å². The molecule has 0 saturated heterocycles. The van der Waals surface area contributed by atoms with Crippen LogP contribution in [-0.4, -0.2) is 18.3 Å². The van der Waals surface area contributed by atoms with Gasteiger partial charge in [0.1, 0.15) is 18.2 Å². The standard InChI is InChI=1S/C10H9FN2O/c1-6-4-7(11)2-3-8(6)10-12-5-9(14)13-10/h2-4H,5H2,1H3,(H,12,13,14). The molecule has 14 heavy (non-hydrogen) atoms. The van der Waals surface area contributed by atoms with Gasteiger partial charge in [0, 0.05) is 5.56 Å². The highest BCUT2D eigenvalue weighted by Crippen LogP contribution is 2.11. The van der Waals surface area contributed by atoms with Crippen molar-refractivity contribution in [1.82, 2.24) is 5.32 Å². The molecule has 0 fully saturated rings. The van der Waals surface area contributed by atoms with E-state index in [2.05, 4.69) is 10.3 Å². The van der Waals surface area contributed by atoms with Crippen LogP contribution >= 0.6 is 0 Å². The zero-order chi connectivity index (χ0) is 10.1.